The Hall–Kier alpha value is -4.36. The lowest BCUT2D eigenvalue weighted by Gasteiger charge is -2.09. The van der Waals surface area contributed by atoms with Gasteiger partial charge in [0.15, 0.2) is 17.5 Å². The van der Waals surface area contributed by atoms with Crippen LogP contribution in [-0.2, 0) is 0 Å². The summed E-state index contributed by atoms with van der Waals surface area (Å²) in [5.74, 6) is 2.32. The fraction of sp³-hybridized carbons (Fsp3) is 0. The normalized spacial score (nSPS) is 10.6. The summed E-state index contributed by atoms with van der Waals surface area (Å²) < 4.78 is 5.07. The van der Waals surface area contributed by atoms with Crippen molar-refractivity contribution in [1.29, 1.82) is 0 Å². The summed E-state index contributed by atoms with van der Waals surface area (Å²) in [4.78, 5) is 18.4. The Labute approximate surface area is 192 Å². The summed E-state index contributed by atoms with van der Waals surface area (Å²) in [5.41, 5.74) is 4.59. The van der Waals surface area contributed by atoms with Gasteiger partial charge in [0.2, 0.25) is 0 Å². The minimum atomic E-state index is 0.560. The summed E-state index contributed by atoms with van der Waals surface area (Å²) in [6.07, 6.45) is 3.47. The maximum absolute atomic E-state index is 8.88. The molecule has 0 atom stereocenters. The van der Waals surface area contributed by atoms with Gasteiger partial charge < -0.3 is 9.68 Å². The fourth-order valence-corrected chi connectivity index (χ4v) is 3.47. The van der Waals surface area contributed by atoms with Crippen molar-refractivity contribution >= 4 is 7.69 Å². The molecule has 0 saturated carbocycles. The Morgan fingerprint density at radius 3 is 1.85 bits per heavy atom. The van der Waals surface area contributed by atoms with Crippen LogP contribution in [0.4, 0.5) is 0 Å². The minimum Gasteiger partial charge on any atom is -0.537 e. The number of nitrogens with zero attached hydrogens (tertiary/aromatic N) is 4. The first-order valence-corrected chi connectivity index (χ1v) is 10.4. The van der Waals surface area contributed by atoms with E-state index in [2.05, 4.69) is 4.98 Å². The summed E-state index contributed by atoms with van der Waals surface area (Å²) in [7, 11) is 0.674. The van der Waals surface area contributed by atoms with Crippen molar-refractivity contribution in [2.45, 2.75) is 0 Å². The van der Waals surface area contributed by atoms with Crippen LogP contribution in [0.2, 0.25) is 0 Å². The molecule has 0 unspecified atom stereocenters. The first kappa shape index (κ1) is 20.5. The van der Waals surface area contributed by atoms with E-state index in [1.165, 1.54) is 0 Å². The predicted molar refractivity (Wildman–Crippen MR) is 128 cm³/mol. The van der Waals surface area contributed by atoms with Crippen molar-refractivity contribution < 1.29 is 9.68 Å². The van der Waals surface area contributed by atoms with Gasteiger partial charge in [-0.1, -0.05) is 66.7 Å². The summed E-state index contributed by atoms with van der Waals surface area (Å²) in [5, 5.41) is 8.88. The number of hydrogen-bond acceptors (Lipinski definition) is 6. The first-order chi connectivity index (χ1) is 16.3. The van der Waals surface area contributed by atoms with E-state index in [4.69, 9.17) is 24.6 Å². The molecule has 6 nitrogen and oxygen atoms in total. The Balaban J connectivity index is 1.55. The van der Waals surface area contributed by atoms with Gasteiger partial charge in [-0.3, -0.25) is 4.98 Å². The van der Waals surface area contributed by atoms with Gasteiger partial charge in [0.1, 0.15) is 5.75 Å². The van der Waals surface area contributed by atoms with Crippen molar-refractivity contribution in [3.8, 4) is 51.0 Å². The molecule has 1 radical (unpaired) electrons. The number of aromatic nitrogens is 4. The highest BCUT2D eigenvalue weighted by Gasteiger charge is 2.12. The number of pyridine rings is 1. The quantitative estimate of drug-likeness (QED) is 0.389. The second kappa shape index (κ2) is 9.42. The van der Waals surface area contributed by atoms with Gasteiger partial charge in [0, 0.05) is 29.1 Å². The maximum Gasteiger partial charge on any atom is 0.569 e. The molecule has 0 aliphatic heterocycles. The molecule has 0 saturated heterocycles. The van der Waals surface area contributed by atoms with Crippen LogP contribution in [-0.4, -0.2) is 32.6 Å². The summed E-state index contributed by atoms with van der Waals surface area (Å²) in [6, 6.07) is 29.1. The molecule has 0 bridgehead atoms. The Bertz CT molecular complexity index is 1310. The molecule has 157 valence electrons. The number of rotatable bonds is 6. The monoisotopic (exact) mass is 429 g/mol. The lowest BCUT2D eigenvalue weighted by molar-refractivity contribution is 0.454. The molecule has 0 aliphatic carbocycles. The van der Waals surface area contributed by atoms with Gasteiger partial charge in [0.25, 0.3) is 0 Å². The molecule has 0 aliphatic rings. The average molecular weight is 429 g/mol. The zero-order valence-corrected chi connectivity index (χ0v) is 17.5. The topological polar surface area (TPSA) is 81.0 Å². The molecular formula is C26H18BN4O2. The van der Waals surface area contributed by atoms with E-state index in [1.54, 1.807) is 18.5 Å². The lowest BCUT2D eigenvalue weighted by Crippen LogP contribution is -2.00. The molecule has 0 amide bonds. The predicted octanol–water partition coefficient (Wildman–Crippen LogP) is 4.84. The SMILES string of the molecule is O[B]Oc1cccc(-c2ccc(-c3nc(-c4ccccc4)nc(-c4cccnc4)n3)cc2)c1. The third-order valence-electron chi connectivity index (χ3n) is 5.09. The molecule has 2 heterocycles. The molecular weight excluding hydrogens is 411 g/mol. The van der Waals surface area contributed by atoms with Crippen LogP contribution < -0.4 is 4.65 Å². The van der Waals surface area contributed by atoms with Crippen molar-refractivity contribution in [1.82, 2.24) is 19.9 Å². The Kier molecular flexibility index (Phi) is 5.86. The van der Waals surface area contributed by atoms with E-state index in [-0.39, 0.29) is 0 Å². The third kappa shape index (κ3) is 4.63. The lowest BCUT2D eigenvalue weighted by atomic mass is 10.0. The molecule has 5 rings (SSSR count). The van der Waals surface area contributed by atoms with Crippen LogP contribution >= 0.6 is 0 Å². The maximum atomic E-state index is 8.88. The van der Waals surface area contributed by atoms with Gasteiger partial charge in [-0.2, -0.15) is 0 Å². The van der Waals surface area contributed by atoms with Crippen LogP contribution in [0.25, 0.3) is 45.3 Å². The van der Waals surface area contributed by atoms with Crippen LogP contribution in [0.5, 0.6) is 5.75 Å². The van der Waals surface area contributed by atoms with Gasteiger partial charge in [0.05, 0.1) is 0 Å². The van der Waals surface area contributed by atoms with Crippen LogP contribution in [0.1, 0.15) is 0 Å². The molecule has 5 aromatic rings. The standard InChI is InChI=1S/C26H18BN4O2/c32-27-33-23-10-4-8-21(16-23)18-11-13-20(14-12-18)25-29-24(19-6-2-1-3-7-19)30-26(31-25)22-9-5-15-28-17-22/h1-17,32H. The largest absolute Gasteiger partial charge is 0.569 e. The highest BCUT2D eigenvalue weighted by atomic mass is 16.5. The minimum absolute atomic E-state index is 0.560. The second-order valence-electron chi connectivity index (χ2n) is 7.24. The van der Waals surface area contributed by atoms with Crippen LogP contribution in [0, 0.1) is 0 Å². The second-order valence-corrected chi connectivity index (χ2v) is 7.24. The molecule has 0 fully saturated rings. The molecule has 3 aromatic carbocycles. The zero-order valence-electron chi connectivity index (χ0n) is 17.5. The molecule has 0 spiro atoms. The highest BCUT2D eigenvalue weighted by Crippen LogP contribution is 2.28. The smallest absolute Gasteiger partial charge is 0.537 e. The van der Waals surface area contributed by atoms with Gasteiger partial charge in [-0.15, -0.1) is 0 Å². The molecule has 2 aromatic heterocycles. The van der Waals surface area contributed by atoms with E-state index in [9.17, 15) is 0 Å². The summed E-state index contributed by atoms with van der Waals surface area (Å²) in [6.45, 7) is 0. The third-order valence-corrected chi connectivity index (χ3v) is 5.09. The Morgan fingerprint density at radius 2 is 1.18 bits per heavy atom. The summed E-state index contributed by atoms with van der Waals surface area (Å²) >= 11 is 0. The van der Waals surface area contributed by atoms with Crippen molar-refractivity contribution in [2.24, 2.45) is 0 Å². The van der Waals surface area contributed by atoms with E-state index < -0.39 is 0 Å². The van der Waals surface area contributed by atoms with Crippen molar-refractivity contribution in [3.05, 3.63) is 103 Å². The van der Waals surface area contributed by atoms with E-state index in [0.717, 1.165) is 27.8 Å². The molecule has 33 heavy (non-hydrogen) atoms. The van der Waals surface area contributed by atoms with E-state index in [1.807, 2.05) is 84.9 Å². The fourth-order valence-electron chi connectivity index (χ4n) is 3.47. The number of benzene rings is 3. The van der Waals surface area contributed by atoms with Gasteiger partial charge in [-0.25, -0.2) is 15.0 Å². The van der Waals surface area contributed by atoms with Crippen molar-refractivity contribution in [3.63, 3.8) is 0 Å². The van der Waals surface area contributed by atoms with Gasteiger partial charge >= 0.3 is 7.69 Å². The highest BCUT2D eigenvalue weighted by molar-refractivity contribution is 6.17. The number of hydrogen-bond donors (Lipinski definition) is 1. The van der Waals surface area contributed by atoms with E-state index in [0.29, 0.717) is 30.9 Å². The average Bonchev–Trinajstić information content (AvgIpc) is 2.90. The Morgan fingerprint density at radius 1 is 0.576 bits per heavy atom. The van der Waals surface area contributed by atoms with Crippen LogP contribution in [0.3, 0.4) is 0 Å². The first-order valence-electron chi connectivity index (χ1n) is 10.4. The van der Waals surface area contributed by atoms with Crippen LogP contribution in [0.15, 0.2) is 103 Å². The zero-order chi connectivity index (χ0) is 22.5. The van der Waals surface area contributed by atoms with Gasteiger partial charge in [-0.05, 0) is 35.4 Å². The molecule has 1 N–H and O–H groups in total. The van der Waals surface area contributed by atoms with Crippen molar-refractivity contribution in [2.75, 3.05) is 0 Å². The molecule has 7 heteroatoms. The van der Waals surface area contributed by atoms with E-state index >= 15 is 0 Å².